The van der Waals surface area contributed by atoms with Crippen LogP contribution in [0.1, 0.15) is 23.5 Å². The zero-order chi connectivity index (χ0) is 20.4. The van der Waals surface area contributed by atoms with Crippen molar-refractivity contribution in [3.63, 3.8) is 0 Å². The van der Waals surface area contributed by atoms with Crippen LogP contribution in [-0.4, -0.2) is 29.6 Å². The Morgan fingerprint density at radius 2 is 1.40 bits per heavy atom. The van der Waals surface area contributed by atoms with E-state index >= 15 is 0 Å². The number of fused-ring (bicyclic) bond motifs is 8. The van der Waals surface area contributed by atoms with Gasteiger partial charge >= 0.3 is 6.16 Å². The first-order valence-electron chi connectivity index (χ1n) is 10.2. The molecule has 30 heavy (non-hydrogen) atoms. The first-order valence-corrected chi connectivity index (χ1v) is 10.2. The topological polar surface area (TPSA) is 72.9 Å². The van der Waals surface area contributed by atoms with Crippen molar-refractivity contribution in [2.24, 2.45) is 23.7 Å². The van der Waals surface area contributed by atoms with Gasteiger partial charge in [0.25, 0.3) is 11.8 Å². The van der Waals surface area contributed by atoms with Crippen LogP contribution in [0.25, 0.3) is 11.1 Å². The van der Waals surface area contributed by atoms with Crippen LogP contribution in [0.2, 0.25) is 0 Å². The third kappa shape index (κ3) is 2.33. The van der Waals surface area contributed by atoms with E-state index in [0.29, 0.717) is 5.06 Å². The molecule has 150 valence electrons. The Morgan fingerprint density at radius 3 is 1.97 bits per heavy atom. The molecule has 0 spiro atoms. The van der Waals surface area contributed by atoms with Gasteiger partial charge in [-0.15, -0.1) is 0 Å². The van der Waals surface area contributed by atoms with Crippen LogP contribution in [0.4, 0.5) is 4.79 Å². The Morgan fingerprint density at radius 1 is 0.867 bits per heavy atom. The molecule has 4 atom stereocenters. The number of rotatable bonds is 3. The Labute approximate surface area is 173 Å². The fraction of sp³-hybridized carbons (Fsp3) is 0.292. The van der Waals surface area contributed by atoms with E-state index in [1.807, 2.05) is 48.6 Å². The molecule has 4 aliphatic rings. The molecule has 1 heterocycles. The van der Waals surface area contributed by atoms with E-state index in [0.717, 1.165) is 28.7 Å². The lowest BCUT2D eigenvalue weighted by atomic mass is 9.85. The van der Waals surface area contributed by atoms with Gasteiger partial charge in [-0.05, 0) is 40.5 Å². The SMILES string of the molecule is O=C(OCC1c2ccccc2-c2ccccc21)ON1C(=O)[C@@H]2C3C=CC(C3)[C@@H]2C1=O. The van der Waals surface area contributed by atoms with Crippen LogP contribution in [0.15, 0.2) is 60.7 Å². The van der Waals surface area contributed by atoms with Gasteiger partial charge in [0.15, 0.2) is 0 Å². The molecule has 6 heteroatoms. The number of hydroxylamine groups is 2. The summed E-state index contributed by atoms with van der Waals surface area (Å²) in [7, 11) is 0. The third-order valence-corrected chi connectivity index (χ3v) is 6.93. The largest absolute Gasteiger partial charge is 0.533 e. The van der Waals surface area contributed by atoms with Gasteiger partial charge in [-0.3, -0.25) is 14.4 Å². The molecule has 0 N–H and O–H groups in total. The number of benzene rings is 2. The molecule has 2 aromatic rings. The molecule has 3 aliphatic carbocycles. The summed E-state index contributed by atoms with van der Waals surface area (Å²) in [5, 5.41) is 0.625. The average molecular weight is 401 g/mol. The van der Waals surface area contributed by atoms with E-state index in [4.69, 9.17) is 9.57 Å². The van der Waals surface area contributed by atoms with E-state index in [1.54, 1.807) is 0 Å². The molecule has 2 amide bonds. The normalized spacial score (nSPS) is 27.9. The van der Waals surface area contributed by atoms with Crippen molar-refractivity contribution in [2.45, 2.75) is 12.3 Å². The van der Waals surface area contributed by atoms with Gasteiger partial charge in [0, 0.05) is 5.92 Å². The predicted octanol–water partition coefficient (Wildman–Crippen LogP) is 3.67. The highest BCUT2D eigenvalue weighted by atomic mass is 16.8. The molecule has 6 rings (SSSR count). The molecule has 0 aromatic heterocycles. The highest BCUT2D eigenvalue weighted by molar-refractivity contribution is 6.05. The minimum atomic E-state index is -1.03. The lowest BCUT2D eigenvalue weighted by Gasteiger charge is -2.17. The number of hydrogen-bond acceptors (Lipinski definition) is 5. The van der Waals surface area contributed by atoms with Gasteiger partial charge in [0.05, 0.1) is 11.8 Å². The number of allylic oxidation sites excluding steroid dienone is 2. The van der Waals surface area contributed by atoms with E-state index in [1.165, 1.54) is 0 Å². The van der Waals surface area contributed by atoms with Gasteiger partial charge in [-0.2, -0.15) is 0 Å². The minimum Gasteiger partial charge on any atom is -0.432 e. The van der Waals surface area contributed by atoms with Crippen molar-refractivity contribution in [2.75, 3.05) is 6.61 Å². The molecule has 1 saturated carbocycles. The molecule has 2 unspecified atom stereocenters. The molecule has 0 radical (unpaired) electrons. The summed E-state index contributed by atoms with van der Waals surface area (Å²) in [5.74, 6) is -1.68. The Bertz CT molecular complexity index is 1050. The Balaban J connectivity index is 1.16. The maximum Gasteiger partial charge on any atom is 0.533 e. The number of carbonyl (C=O) groups is 3. The molecule has 2 fully saturated rings. The Hall–Kier alpha value is -3.41. The first kappa shape index (κ1) is 17.4. The lowest BCUT2D eigenvalue weighted by Crippen LogP contribution is -2.35. The maximum absolute atomic E-state index is 12.6. The van der Waals surface area contributed by atoms with Gasteiger partial charge in [-0.1, -0.05) is 65.7 Å². The zero-order valence-electron chi connectivity index (χ0n) is 16.1. The fourth-order valence-corrected chi connectivity index (χ4v) is 5.66. The second kappa shape index (κ2) is 6.29. The predicted molar refractivity (Wildman–Crippen MR) is 106 cm³/mol. The molecule has 1 saturated heterocycles. The number of nitrogens with zero attached hydrogens (tertiary/aromatic N) is 1. The van der Waals surface area contributed by atoms with Crippen molar-refractivity contribution in [3.8, 4) is 11.1 Å². The second-order valence-corrected chi connectivity index (χ2v) is 8.35. The van der Waals surface area contributed by atoms with Gasteiger partial charge in [0.2, 0.25) is 0 Å². The Kier molecular flexibility index (Phi) is 3.66. The van der Waals surface area contributed by atoms with Crippen LogP contribution >= 0.6 is 0 Å². The summed E-state index contributed by atoms with van der Waals surface area (Å²) in [6.45, 7) is 0.0722. The maximum atomic E-state index is 12.6. The average Bonchev–Trinajstić information content (AvgIpc) is 3.51. The third-order valence-electron chi connectivity index (χ3n) is 6.93. The van der Waals surface area contributed by atoms with Crippen molar-refractivity contribution in [3.05, 3.63) is 71.8 Å². The standard InChI is InChI=1S/C24H19NO5/c26-22-20-13-9-10-14(11-13)21(20)23(27)25(22)30-24(28)29-12-19-17-7-3-1-5-15(17)16-6-2-4-8-18(16)19/h1-10,13-14,19-21H,11-12H2/t13?,14?,20-,21+. The van der Waals surface area contributed by atoms with Crippen LogP contribution < -0.4 is 0 Å². The van der Waals surface area contributed by atoms with E-state index in [9.17, 15) is 14.4 Å². The quantitative estimate of drug-likeness (QED) is 0.446. The number of imide groups is 1. The van der Waals surface area contributed by atoms with Crippen LogP contribution in [-0.2, 0) is 19.2 Å². The van der Waals surface area contributed by atoms with E-state index in [-0.39, 0.29) is 24.4 Å². The van der Waals surface area contributed by atoms with Crippen molar-refractivity contribution < 1.29 is 24.0 Å². The van der Waals surface area contributed by atoms with Crippen molar-refractivity contribution in [1.29, 1.82) is 0 Å². The monoisotopic (exact) mass is 401 g/mol. The summed E-state index contributed by atoms with van der Waals surface area (Å²) in [5.41, 5.74) is 4.40. The molecule has 2 aromatic carbocycles. The lowest BCUT2D eigenvalue weighted by molar-refractivity contribution is -0.179. The molecule has 2 bridgehead atoms. The number of hydrogen-bond donors (Lipinski definition) is 0. The second-order valence-electron chi connectivity index (χ2n) is 8.35. The molecule has 6 nitrogen and oxygen atoms in total. The van der Waals surface area contributed by atoms with Gasteiger partial charge < -0.3 is 4.74 Å². The summed E-state index contributed by atoms with van der Waals surface area (Å²) in [6.07, 6.45) is 3.78. The van der Waals surface area contributed by atoms with E-state index in [2.05, 4.69) is 12.1 Å². The summed E-state index contributed by atoms with van der Waals surface area (Å²) in [4.78, 5) is 42.7. The molecule has 1 aliphatic heterocycles. The number of amides is 2. The summed E-state index contributed by atoms with van der Waals surface area (Å²) < 4.78 is 5.37. The fourth-order valence-electron chi connectivity index (χ4n) is 5.66. The highest BCUT2D eigenvalue weighted by Gasteiger charge is 2.61. The summed E-state index contributed by atoms with van der Waals surface area (Å²) in [6, 6.07) is 16.0. The van der Waals surface area contributed by atoms with E-state index < -0.39 is 29.8 Å². The molecular formula is C24H19NO5. The van der Waals surface area contributed by atoms with Crippen LogP contribution in [0.3, 0.4) is 0 Å². The van der Waals surface area contributed by atoms with Crippen molar-refractivity contribution >= 4 is 18.0 Å². The van der Waals surface area contributed by atoms with Gasteiger partial charge in [0.1, 0.15) is 6.61 Å². The first-order chi connectivity index (χ1) is 14.6. The van der Waals surface area contributed by atoms with Crippen LogP contribution in [0.5, 0.6) is 0 Å². The summed E-state index contributed by atoms with van der Waals surface area (Å²) >= 11 is 0. The smallest absolute Gasteiger partial charge is 0.432 e. The highest BCUT2D eigenvalue weighted by Crippen LogP contribution is 2.52. The number of ether oxygens (including phenoxy) is 1. The van der Waals surface area contributed by atoms with Crippen LogP contribution in [0, 0.1) is 23.7 Å². The number of carbonyl (C=O) groups excluding carboxylic acids is 3. The zero-order valence-corrected chi connectivity index (χ0v) is 16.1. The minimum absolute atomic E-state index is 0.0626. The molecular weight excluding hydrogens is 382 g/mol. The van der Waals surface area contributed by atoms with Crippen molar-refractivity contribution in [1.82, 2.24) is 5.06 Å². The van der Waals surface area contributed by atoms with Gasteiger partial charge in [-0.25, -0.2) is 4.79 Å².